The summed E-state index contributed by atoms with van der Waals surface area (Å²) in [6.45, 7) is 10.8. The molecular formula is C26H34FN3O3. The summed E-state index contributed by atoms with van der Waals surface area (Å²) >= 11 is 0. The van der Waals surface area contributed by atoms with Gasteiger partial charge in [-0.3, -0.25) is 4.90 Å². The zero-order valence-corrected chi connectivity index (χ0v) is 19.9. The summed E-state index contributed by atoms with van der Waals surface area (Å²) in [4.78, 5) is 2.19. The lowest BCUT2D eigenvalue weighted by Crippen LogP contribution is -2.37. The molecule has 0 amide bonds. The molecule has 1 unspecified atom stereocenters. The maximum Gasteiger partial charge on any atom is 0.227 e. The Hall–Kier alpha value is -2.74. The molecule has 3 rings (SSSR count). The Balaban J connectivity index is 1.97. The minimum Gasteiger partial charge on any atom is -0.438 e. The van der Waals surface area contributed by atoms with Crippen LogP contribution in [0.25, 0.3) is 5.69 Å². The monoisotopic (exact) mass is 455 g/mol. The second kappa shape index (κ2) is 11.9. The number of ether oxygens (including phenoxy) is 2. The highest BCUT2D eigenvalue weighted by Gasteiger charge is 2.23. The van der Waals surface area contributed by atoms with Crippen molar-refractivity contribution < 1.29 is 19.0 Å². The van der Waals surface area contributed by atoms with E-state index in [4.69, 9.17) is 14.6 Å². The predicted molar refractivity (Wildman–Crippen MR) is 127 cm³/mol. The summed E-state index contributed by atoms with van der Waals surface area (Å²) in [6, 6.07) is 15.8. The van der Waals surface area contributed by atoms with Crippen LogP contribution in [0.5, 0.6) is 11.6 Å². The number of nitrogens with zero attached hydrogens (tertiary/aromatic N) is 3. The molecule has 0 aliphatic heterocycles. The number of rotatable bonds is 12. The summed E-state index contributed by atoms with van der Waals surface area (Å²) in [5.74, 6) is 0.982. The summed E-state index contributed by atoms with van der Waals surface area (Å²) in [5.41, 5.74) is 2.57. The first-order valence-electron chi connectivity index (χ1n) is 11.4. The van der Waals surface area contributed by atoms with E-state index in [1.807, 2.05) is 44.2 Å². The van der Waals surface area contributed by atoms with E-state index in [9.17, 15) is 9.50 Å². The van der Waals surface area contributed by atoms with Crippen molar-refractivity contribution >= 4 is 0 Å². The van der Waals surface area contributed by atoms with E-state index in [-0.39, 0.29) is 5.82 Å². The van der Waals surface area contributed by atoms with Gasteiger partial charge in [0.2, 0.25) is 5.88 Å². The zero-order valence-electron chi connectivity index (χ0n) is 19.9. The Morgan fingerprint density at radius 2 is 1.85 bits per heavy atom. The van der Waals surface area contributed by atoms with Crippen molar-refractivity contribution in [1.82, 2.24) is 14.7 Å². The van der Waals surface area contributed by atoms with Crippen molar-refractivity contribution in [3.8, 4) is 17.3 Å². The Morgan fingerprint density at radius 3 is 2.52 bits per heavy atom. The molecule has 1 aromatic heterocycles. The molecule has 0 spiro atoms. The van der Waals surface area contributed by atoms with Gasteiger partial charge in [-0.05, 0) is 44.0 Å². The van der Waals surface area contributed by atoms with Gasteiger partial charge in [-0.25, -0.2) is 9.07 Å². The highest BCUT2D eigenvalue weighted by molar-refractivity contribution is 5.43. The summed E-state index contributed by atoms with van der Waals surface area (Å²) in [6.07, 6.45) is -0.597. The molecule has 0 saturated carbocycles. The van der Waals surface area contributed by atoms with Gasteiger partial charge in [0, 0.05) is 32.3 Å². The average molecular weight is 456 g/mol. The molecule has 0 radical (unpaired) electrons. The van der Waals surface area contributed by atoms with Crippen LogP contribution in [-0.2, 0) is 11.3 Å². The van der Waals surface area contributed by atoms with Crippen molar-refractivity contribution in [3.63, 3.8) is 0 Å². The molecule has 178 valence electrons. The van der Waals surface area contributed by atoms with E-state index in [1.54, 1.807) is 16.8 Å². The van der Waals surface area contributed by atoms with Crippen LogP contribution in [0.4, 0.5) is 4.39 Å². The zero-order chi connectivity index (χ0) is 23.8. The van der Waals surface area contributed by atoms with Gasteiger partial charge in [-0.1, -0.05) is 38.1 Å². The van der Waals surface area contributed by atoms with Crippen LogP contribution in [0.3, 0.4) is 0 Å². The number of hydrogen-bond acceptors (Lipinski definition) is 5. The van der Waals surface area contributed by atoms with Crippen molar-refractivity contribution in [2.75, 3.05) is 26.3 Å². The van der Waals surface area contributed by atoms with Crippen LogP contribution >= 0.6 is 0 Å². The van der Waals surface area contributed by atoms with Crippen LogP contribution in [0.15, 0.2) is 54.6 Å². The number of para-hydroxylation sites is 1. The van der Waals surface area contributed by atoms with Gasteiger partial charge in [0.25, 0.3) is 0 Å². The molecule has 6 nitrogen and oxygen atoms in total. The summed E-state index contributed by atoms with van der Waals surface area (Å²) < 4.78 is 27.2. The first kappa shape index (κ1) is 24.9. The first-order valence-corrected chi connectivity index (χ1v) is 11.4. The van der Waals surface area contributed by atoms with E-state index in [1.165, 1.54) is 12.1 Å². The Bertz CT molecular complexity index is 1010. The number of hydrogen-bond donors (Lipinski definition) is 1. The van der Waals surface area contributed by atoms with Gasteiger partial charge in [-0.2, -0.15) is 5.10 Å². The predicted octanol–water partition coefficient (Wildman–Crippen LogP) is 4.97. The summed E-state index contributed by atoms with van der Waals surface area (Å²) in [5, 5.41) is 15.2. The fourth-order valence-electron chi connectivity index (χ4n) is 3.76. The van der Waals surface area contributed by atoms with Gasteiger partial charge in [-0.15, -0.1) is 0 Å². The highest BCUT2D eigenvalue weighted by atomic mass is 19.1. The van der Waals surface area contributed by atoms with E-state index in [0.717, 1.165) is 23.5 Å². The van der Waals surface area contributed by atoms with Gasteiger partial charge < -0.3 is 14.6 Å². The quantitative estimate of drug-likeness (QED) is 0.418. The van der Waals surface area contributed by atoms with Crippen LogP contribution < -0.4 is 4.74 Å². The van der Waals surface area contributed by atoms with Crippen molar-refractivity contribution in [2.45, 2.75) is 40.3 Å². The Morgan fingerprint density at radius 1 is 1.09 bits per heavy atom. The SMILES string of the molecule is CCOCC(O)CN(Cc1c(C)nn(-c2ccccc2)c1Oc1cccc(F)c1)CC(C)C. The fourth-order valence-corrected chi connectivity index (χ4v) is 3.76. The maximum atomic E-state index is 13.8. The number of aromatic nitrogens is 2. The lowest BCUT2D eigenvalue weighted by molar-refractivity contribution is 0.0173. The maximum absolute atomic E-state index is 13.8. The highest BCUT2D eigenvalue weighted by Crippen LogP contribution is 2.32. The normalized spacial score (nSPS) is 12.5. The number of halogens is 1. The van der Waals surface area contributed by atoms with Crippen molar-refractivity contribution in [1.29, 1.82) is 0 Å². The van der Waals surface area contributed by atoms with Crippen molar-refractivity contribution in [2.24, 2.45) is 5.92 Å². The minimum absolute atomic E-state index is 0.292. The molecule has 1 N–H and O–H groups in total. The molecular weight excluding hydrogens is 421 g/mol. The lowest BCUT2D eigenvalue weighted by Gasteiger charge is -2.27. The van der Waals surface area contributed by atoms with Crippen LogP contribution in [0, 0.1) is 18.7 Å². The first-order chi connectivity index (χ1) is 15.9. The molecule has 0 bridgehead atoms. The molecule has 1 atom stereocenters. The average Bonchev–Trinajstić information content (AvgIpc) is 3.07. The largest absolute Gasteiger partial charge is 0.438 e. The molecule has 0 saturated heterocycles. The van der Waals surface area contributed by atoms with Gasteiger partial charge in [0.05, 0.1) is 29.7 Å². The third kappa shape index (κ3) is 7.12. The number of aryl methyl sites for hydroxylation is 1. The molecule has 3 aromatic rings. The second-order valence-electron chi connectivity index (χ2n) is 8.58. The molecule has 0 aliphatic carbocycles. The molecule has 2 aromatic carbocycles. The third-order valence-corrected chi connectivity index (χ3v) is 5.14. The topological polar surface area (TPSA) is 59.8 Å². The third-order valence-electron chi connectivity index (χ3n) is 5.14. The van der Waals surface area contributed by atoms with E-state index < -0.39 is 6.10 Å². The van der Waals surface area contributed by atoms with Crippen LogP contribution in [0.1, 0.15) is 32.0 Å². The smallest absolute Gasteiger partial charge is 0.227 e. The van der Waals surface area contributed by atoms with Crippen LogP contribution in [0.2, 0.25) is 0 Å². The summed E-state index contributed by atoms with van der Waals surface area (Å²) in [7, 11) is 0. The lowest BCUT2D eigenvalue weighted by atomic mass is 10.1. The van der Waals surface area contributed by atoms with Gasteiger partial charge in [0.1, 0.15) is 11.6 Å². The molecule has 1 heterocycles. The molecule has 0 fully saturated rings. The van der Waals surface area contributed by atoms with Crippen LogP contribution in [-0.4, -0.2) is 52.2 Å². The van der Waals surface area contributed by atoms with E-state index >= 15 is 0 Å². The second-order valence-corrected chi connectivity index (χ2v) is 8.58. The molecule has 0 aliphatic rings. The van der Waals surface area contributed by atoms with Crippen molar-refractivity contribution in [3.05, 3.63) is 71.7 Å². The van der Waals surface area contributed by atoms with Gasteiger partial charge >= 0.3 is 0 Å². The molecule has 33 heavy (non-hydrogen) atoms. The standard InChI is InChI=1S/C26H34FN3O3/c1-5-32-18-23(31)16-29(15-19(2)3)17-25-20(4)28-30(22-11-7-6-8-12-22)26(25)33-24-13-9-10-21(27)14-24/h6-14,19,23,31H,5,15-18H2,1-4H3. The van der Waals surface area contributed by atoms with E-state index in [2.05, 4.69) is 18.7 Å². The molecule has 7 heteroatoms. The Labute approximate surface area is 195 Å². The Kier molecular flexibility index (Phi) is 9.00. The van der Waals surface area contributed by atoms with Gasteiger partial charge in [0.15, 0.2) is 0 Å². The number of aliphatic hydroxyl groups is 1. The minimum atomic E-state index is -0.597. The fraction of sp³-hybridized carbons (Fsp3) is 0.423. The number of benzene rings is 2. The number of aliphatic hydroxyl groups excluding tert-OH is 1. The van der Waals surface area contributed by atoms with E-state index in [0.29, 0.717) is 43.9 Å².